The van der Waals surface area contributed by atoms with Crippen molar-refractivity contribution in [3.05, 3.63) is 18.1 Å². The molecule has 1 aliphatic rings. The van der Waals surface area contributed by atoms with Gasteiger partial charge in [-0.2, -0.15) is 0 Å². The topological polar surface area (TPSA) is 69.5 Å². The molecule has 0 atom stereocenters. The monoisotopic (exact) mass is 209 g/mol. The lowest BCUT2D eigenvalue weighted by Crippen LogP contribution is -2.36. The van der Waals surface area contributed by atoms with Crippen LogP contribution < -0.4 is 4.90 Å². The van der Waals surface area contributed by atoms with Gasteiger partial charge in [0.25, 0.3) is 0 Å². The van der Waals surface area contributed by atoms with Crippen molar-refractivity contribution >= 4 is 5.82 Å². The number of hydrogen-bond donors (Lipinski definition) is 2. The number of aliphatic hydroxyl groups excluding tert-OH is 2. The van der Waals surface area contributed by atoms with Gasteiger partial charge in [0.2, 0.25) is 0 Å². The van der Waals surface area contributed by atoms with E-state index >= 15 is 0 Å². The molecule has 1 saturated heterocycles. The molecule has 1 aliphatic heterocycles. The second kappa shape index (κ2) is 4.55. The van der Waals surface area contributed by atoms with Crippen LogP contribution in [0, 0.1) is 0 Å². The predicted octanol–water partition coefficient (Wildman–Crippen LogP) is -0.0700. The predicted molar refractivity (Wildman–Crippen MR) is 55.4 cm³/mol. The summed E-state index contributed by atoms with van der Waals surface area (Å²) in [6, 6.07) is 0. The molecule has 5 heteroatoms. The fourth-order valence-electron chi connectivity index (χ4n) is 1.69. The van der Waals surface area contributed by atoms with Crippen molar-refractivity contribution in [2.45, 2.75) is 25.6 Å². The molecule has 0 aromatic carbocycles. The standard InChI is InChI=1S/C10H15N3O2/c14-7-8-5-12-10(6-11-8)13-3-1-9(15)2-4-13/h5-6,9,14-15H,1-4,7H2. The zero-order valence-corrected chi connectivity index (χ0v) is 8.50. The van der Waals surface area contributed by atoms with E-state index in [4.69, 9.17) is 5.11 Å². The summed E-state index contributed by atoms with van der Waals surface area (Å²) in [5.74, 6) is 0.819. The molecule has 0 aliphatic carbocycles. The van der Waals surface area contributed by atoms with E-state index in [1.807, 2.05) is 0 Å². The molecule has 1 fully saturated rings. The maximum Gasteiger partial charge on any atom is 0.147 e. The lowest BCUT2D eigenvalue weighted by atomic mass is 10.1. The van der Waals surface area contributed by atoms with Crippen molar-refractivity contribution in [3.8, 4) is 0 Å². The maximum atomic E-state index is 9.36. The van der Waals surface area contributed by atoms with Crippen LogP contribution in [0.1, 0.15) is 18.5 Å². The first kappa shape index (κ1) is 10.3. The summed E-state index contributed by atoms with van der Waals surface area (Å²) < 4.78 is 0. The van der Waals surface area contributed by atoms with Crippen molar-refractivity contribution in [3.63, 3.8) is 0 Å². The first-order valence-electron chi connectivity index (χ1n) is 5.14. The SMILES string of the molecule is OCc1cnc(N2CCC(O)CC2)cn1. The molecule has 0 unspecified atom stereocenters. The third-order valence-electron chi connectivity index (χ3n) is 2.64. The Hall–Kier alpha value is -1.20. The van der Waals surface area contributed by atoms with Gasteiger partial charge in [-0.15, -0.1) is 0 Å². The number of aliphatic hydroxyl groups is 2. The molecule has 82 valence electrons. The zero-order chi connectivity index (χ0) is 10.7. The van der Waals surface area contributed by atoms with Crippen LogP contribution in [0.2, 0.25) is 0 Å². The molecule has 0 spiro atoms. The molecular formula is C10H15N3O2. The highest BCUT2D eigenvalue weighted by atomic mass is 16.3. The number of piperidine rings is 1. The Morgan fingerprint density at radius 1 is 1.27 bits per heavy atom. The van der Waals surface area contributed by atoms with Crippen LogP contribution in [0.4, 0.5) is 5.82 Å². The minimum atomic E-state index is -0.175. The van der Waals surface area contributed by atoms with Crippen LogP contribution >= 0.6 is 0 Å². The van der Waals surface area contributed by atoms with E-state index in [1.165, 1.54) is 0 Å². The molecule has 1 aromatic heterocycles. The van der Waals surface area contributed by atoms with E-state index in [-0.39, 0.29) is 12.7 Å². The molecule has 2 heterocycles. The summed E-state index contributed by atoms with van der Waals surface area (Å²) >= 11 is 0. The second-order valence-corrected chi connectivity index (χ2v) is 3.74. The number of nitrogens with zero attached hydrogens (tertiary/aromatic N) is 3. The summed E-state index contributed by atoms with van der Waals surface area (Å²) in [5.41, 5.74) is 0.579. The molecule has 0 amide bonds. The Morgan fingerprint density at radius 3 is 2.53 bits per heavy atom. The highest BCUT2D eigenvalue weighted by Gasteiger charge is 2.17. The molecular weight excluding hydrogens is 194 g/mol. The van der Waals surface area contributed by atoms with Gasteiger partial charge < -0.3 is 15.1 Å². The van der Waals surface area contributed by atoms with Gasteiger partial charge in [-0.1, -0.05) is 0 Å². The van der Waals surface area contributed by atoms with E-state index in [2.05, 4.69) is 14.9 Å². The molecule has 0 saturated carbocycles. The number of rotatable bonds is 2. The lowest BCUT2D eigenvalue weighted by molar-refractivity contribution is 0.145. The van der Waals surface area contributed by atoms with Gasteiger partial charge in [-0.25, -0.2) is 4.98 Å². The first-order valence-corrected chi connectivity index (χ1v) is 5.14. The molecule has 0 bridgehead atoms. The molecule has 2 rings (SSSR count). The van der Waals surface area contributed by atoms with Gasteiger partial charge in [0.05, 0.1) is 30.8 Å². The van der Waals surface area contributed by atoms with E-state index in [9.17, 15) is 5.11 Å². The fraction of sp³-hybridized carbons (Fsp3) is 0.600. The summed E-state index contributed by atoms with van der Waals surface area (Å²) in [5, 5.41) is 18.2. The van der Waals surface area contributed by atoms with Crippen molar-refractivity contribution in [1.82, 2.24) is 9.97 Å². The van der Waals surface area contributed by atoms with Crippen LogP contribution in [0.25, 0.3) is 0 Å². The number of hydrogen-bond acceptors (Lipinski definition) is 5. The van der Waals surface area contributed by atoms with Gasteiger partial charge in [0.15, 0.2) is 0 Å². The highest BCUT2D eigenvalue weighted by Crippen LogP contribution is 2.16. The van der Waals surface area contributed by atoms with Gasteiger partial charge in [-0.3, -0.25) is 4.98 Å². The first-order chi connectivity index (χ1) is 7.29. The second-order valence-electron chi connectivity index (χ2n) is 3.74. The fourth-order valence-corrected chi connectivity index (χ4v) is 1.69. The quantitative estimate of drug-likeness (QED) is 0.713. The van der Waals surface area contributed by atoms with E-state index in [0.29, 0.717) is 5.69 Å². The van der Waals surface area contributed by atoms with E-state index < -0.39 is 0 Å². The molecule has 15 heavy (non-hydrogen) atoms. The number of anilines is 1. The third-order valence-corrected chi connectivity index (χ3v) is 2.64. The minimum Gasteiger partial charge on any atom is -0.393 e. The van der Waals surface area contributed by atoms with Gasteiger partial charge >= 0.3 is 0 Å². The normalized spacial score (nSPS) is 18.1. The molecule has 1 aromatic rings. The summed E-state index contributed by atoms with van der Waals surface area (Å²) in [6.07, 6.45) is 4.64. The molecule has 2 N–H and O–H groups in total. The minimum absolute atomic E-state index is 0.0774. The van der Waals surface area contributed by atoms with Crippen LogP contribution in [0.15, 0.2) is 12.4 Å². The van der Waals surface area contributed by atoms with E-state index in [1.54, 1.807) is 12.4 Å². The van der Waals surface area contributed by atoms with Crippen molar-refractivity contribution < 1.29 is 10.2 Å². The summed E-state index contributed by atoms with van der Waals surface area (Å²) in [7, 11) is 0. The number of aromatic nitrogens is 2. The van der Waals surface area contributed by atoms with Crippen LogP contribution in [0.5, 0.6) is 0 Å². The average Bonchev–Trinajstić information content (AvgIpc) is 2.30. The Labute approximate surface area is 88.4 Å². The average molecular weight is 209 g/mol. The van der Waals surface area contributed by atoms with Gasteiger partial charge in [0.1, 0.15) is 5.82 Å². The Bertz CT molecular complexity index is 307. The Morgan fingerprint density at radius 2 is 2.00 bits per heavy atom. The largest absolute Gasteiger partial charge is 0.393 e. The van der Waals surface area contributed by atoms with Crippen molar-refractivity contribution in [2.75, 3.05) is 18.0 Å². The molecule has 0 radical (unpaired) electrons. The van der Waals surface area contributed by atoms with Gasteiger partial charge in [-0.05, 0) is 12.8 Å². The maximum absolute atomic E-state index is 9.36. The van der Waals surface area contributed by atoms with Crippen LogP contribution in [0.3, 0.4) is 0 Å². The lowest BCUT2D eigenvalue weighted by Gasteiger charge is -2.30. The molecule has 5 nitrogen and oxygen atoms in total. The van der Waals surface area contributed by atoms with Crippen molar-refractivity contribution in [1.29, 1.82) is 0 Å². The summed E-state index contributed by atoms with van der Waals surface area (Å²) in [6.45, 7) is 1.55. The Kier molecular flexibility index (Phi) is 3.13. The third kappa shape index (κ3) is 2.43. The Balaban J connectivity index is 2.03. The van der Waals surface area contributed by atoms with Gasteiger partial charge in [0, 0.05) is 13.1 Å². The smallest absolute Gasteiger partial charge is 0.147 e. The highest BCUT2D eigenvalue weighted by molar-refractivity contribution is 5.36. The van der Waals surface area contributed by atoms with Crippen molar-refractivity contribution in [2.24, 2.45) is 0 Å². The zero-order valence-electron chi connectivity index (χ0n) is 8.50. The van der Waals surface area contributed by atoms with Crippen LogP contribution in [-0.2, 0) is 6.61 Å². The van der Waals surface area contributed by atoms with E-state index in [0.717, 1.165) is 31.7 Å². The summed E-state index contributed by atoms with van der Waals surface area (Å²) in [4.78, 5) is 10.4. The van der Waals surface area contributed by atoms with Crippen LogP contribution in [-0.4, -0.2) is 39.4 Å².